The molecule has 0 amide bonds. The van der Waals surface area contributed by atoms with Crippen LogP contribution in [0.2, 0.25) is 0 Å². The van der Waals surface area contributed by atoms with Crippen LogP contribution in [0.25, 0.3) is 0 Å². The third-order valence-corrected chi connectivity index (χ3v) is 17.3. The molecule has 342 valence electrons. The van der Waals surface area contributed by atoms with E-state index in [0.29, 0.717) is 30.1 Å². The normalized spacial score (nSPS) is 59.2. The largest absolute Gasteiger partial charge is 0.393 e. The summed E-state index contributed by atoms with van der Waals surface area (Å²) >= 11 is 0. The van der Waals surface area contributed by atoms with Gasteiger partial charge in [-0.25, -0.2) is 0 Å². The third kappa shape index (κ3) is 7.01. The smallest absolute Gasteiger partial charge is 0.187 e. The first-order valence-corrected chi connectivity index (χ1v) is 22.7. The molecule has 0 aromatic rings. The number of fused-ring (bicyclic) bond motifs is 7. The number of aliphatic hydroxyl groups is 8. The molecule has 60 heavy (non-hydrogen) atoms. The Morgan fingerprint density at radius 1 is 0.683 bits per heavy atom. The van der Waals surface area contributed by atoms with Gasteiger partial charge in [0, 0.05) is 24.2 Å². The summed E-state index contributed by atoms with van der Waals surface area (Å²) < 4.78 is 51.1. The fraction of sp³-hybridized carbons (Fsp3) is 0.955. The van der Waals surface area contributed by atoms with Crippen molar-refractivity contribution in [3.63, 3.8) is 0 Å². The molecule has 8 N–H and O–H groups in total. The Kier molecular flexibility index (Phi) is 12.0. The second-order valence-electron chi connectivity index (χ2n) is 20.7. The fourth-order valence-electron chi connectivity index (χ4n) is 13.8. The van der Waals surface area contributed by atoms with Crippen LogP contribution in [-0.4, -0.2) is 164 Å². The number of hydrogen-bond donors (Lipinski definition) is 8. The molecular formula is C44H70O16. The average molecular weight is 855 g/mol. The lowest BCUT2D eigenvalue weighted by Crippen LogP contribution is -2.66. The van der Waals surface area contributed by atoms with E-state index in [4.69, 9.17) is 37.9 Å². The van der Waals surface area contributed by atoms with Crippen LogP contribution in [0.3, 0.4) is 0 Å². The van der Waals surface area contributed by atoms with Gasteiger partial charge in [-0.2, -0.15) is 0 Å². The Balaban J connectivity index is 1.01. The van der Waals surface area contributed by atoms with Gasteiger partial charge in [0.05, 0.1) is 43.7 Å². The van der Waals surface area contributed by atoms with Crippen LogP contribution in [0.5, 0.6) is 0 Å². The summed E-state index contributed by atoms with van der Waals surface area (Å²) in [5, 5.41) is 86.8. The van der Waals surface area contributed by atoms with Crippen molar-refractivity contribution in [1.82, 2.24) is 0 Å². The summed E-state index contributed by atoms with van der Waals surface area (Å²) in [6.45, 7) is 12.8. The van der Waals surface area contributed by atoms with Gasteiger partial charge in [0.25, 0.3) is 0 Å². The molecule has 0 aromatic heterocycles. The minimum absolute atomic E-state index is 0.0699. The Morgan fingerprint density at radius 3 is 2.12 bits per heavy atom. The summed E-state index contributed by atoms with van der Waals surface area (Å²) in [5.74, 6) is 1.67. The molecule has 16 heteroatoms. The second kappa shape index (κ2) is 16.2. The lowest BCUT2D eigenvalue weighted by atomic mass is 9.46. The first kappa shape index (κ1) is 44.3. The van der Waals surface area contributed by atoms with E-state index in [1.807, 2.05) is 0 Å². The Bertz CT molecular complexity index is 1580. The van der Waals surface area contributed by atoms with Crippen LogP contribution in [0.4, 0.5) is 0 Å². The van der Waals surface area contributed by atoms with Crippen LogP contribution in [0.1, 0.15) is 92.9 Å². The van der Waals surface area contributed by atoms with Crippen molar-refractivity contribution in [1.29, 1.82) is 0 Å². The topological polar surface area (TPSA) is 236 Å². The van der Waals surface area contributed by atoms with E-state index < -0.39 is 109 Å². The van der Waals surface area contributed by atoms with E-state index in [1.165, 1.54) is 6.92 Å². The molecule has 0 aromatic carbocycles. The lowest BCUT2D eigenvalue weighted by molar-refractivity contribution is -0.391. The van der Waals surface area contributed by atoms with Crippen molar-refractivity contribution in [2.24, 2.45) is 46.3 Å². The van der Waals surface area contributed by atoms with Crippen LogP contribution >= 0.6 is 0 Å². The zero-order valence-corrected chi connectivity index (χ0v) is 35.8. The van der Waals surface area contributed by atoms with Crippen LogP contribution in [0, 0.1) is 46.3 Å². The van der Waals surface area contributed by atoms with Crippen molar-refractivity contribution in [2.45, 2.75) is 203 Å². The molecule has 0 radical (unpaired) electrons. The number of rotatable bonds is 6. The van der Waals surface area contributed by atoms with Crippen molar-refractivity contribution in [3.05, 3.63) is 11.6 Å². The molecule has 4 aliphatic carbocycles. The van der Waals surface area contributed by atoms with E-state index in [0.717, 1.165) is 50.7 Å². The van der Waals surface area contributed by atoms with Crippen molar-refractivity contribution in [2.75, 3.05) is 13.2 Å². The maximum atomic E-state index is 11.6. The Hall–Kier alpha value is -0.900. The highest BCUT2D eigenvalue weighted by Crippen LogP contribution is 2.71. The molecule has 16 nitrogen and oxygen atoms in total. The van der Waals surface area contributed by atoms with Crippen LogP contribution in [-0.2, 0) is 37.9 Å². The van der Waals surface area contributed by atoms with Gasteiger partial charge in [-0.1, -0.05) is 39.3 Å². The fourth-order valence-corrected chi connectivity index (χ4v) is 13.8. The van der Waals surface area contributed by atoms with Crippen LogP contribution < -0.4 is 0 Å². The average Bonchev–Trinajstić information content (AvgIpc) is 3.66. The van der Waals surface area contributed by atoms with Gasteiger partial charge in [0.2, 0.25) is 0 Å². The highest BCUT2D eigenvalue weighted by atomic mass is 16.8. The Labute approximate surface area is 352 Å². The predicted molar refractivity (Wildman–Crippen MR) is 208 cm³/mol. The SMILES string of the molecule is C[C@@H]1CC[C@]2(OC1)O[C@H]1CC3C4CC=C5C[C@@H](O)C[C@@H](O[C@@H]6O[C@@H](C)[C@@H](O)[C@H](O[C@@H]7OC[C@@H](O)[C@@H](O)[C@@H]7O)[C@@H]6O[C@@H]6O[C@H](C)[C@H](O)[C@H](O)[C@@H]6O)[C@]5(C)C4CCC3(C)[C@@H]1[C@@H]2C. The molecule has 5 saturated heterocycles. The Morgan fingerprint density at radius 2 is 1.38 bits per heavy atom. The second-order valence-corrected chi connectivity index (χ2v) is 20.7. The number of aliphatic hydroxyl groups excluding tert-OH is 8. The molecule has 8 fully saturated rings. The zero-order chi connectivity index (χ0) is 42.8. The highest BCUT2D eigenvalue weighted by Gasteiger charge is 2.69. The number of ether oxygens (including phenoxy) is 8. The summed E-state index contributed by atoms with van der Waals surface area (Å²) in [7, 11) is 0. The summed E-state index contributed by atoms with van der Waals surface area (Å²) in [5.41, 5.74) is 0.681. The third-order valence-electron chi connectivity index (χ3n) is 17.3. The monoisotopic (exact) mass is 854 g/mol. The van der Waals surface area contributed by atoms with E-state index in [2.05, 4.69) is 33.8 Å². The van der Waals surface area contributed by atoms with Crippen LogP contribution in [0.15, 0.2) is 11.6 Å². The highest BCUT2D eigenvalue weighted by molar-refractivity contribution is 5.29. The maximum absolute atomic E-state index is 11.6. The predicted octanol–water partition coefficient (Wildman–Crippen LogP) is 0.852. The molecule has 9 aliphatic rings. The van der Waals surface area contributed by atoms with Crippen molar-refractivity contribution < 1.29 is 78.7 Å². The summed E-state index contributed by atoms with van der Waals surface area (Å²) in [6.07, 6.45) is -12.0. The number of allylic oxidation sites excluding steroid dienone is 1. The maximum Gasteiger partial charge on any atom is 0.187 e. The van der Waals surface area contributed by atoms with E-state index in [1.54, 1.807) is 6.92 Å². The van der Waals surface area contributed by atoms with Crippen molar-refractivity contribution >= 4 is 0 Å². The standard InChI is InChI=1S/C44H70O16/c1-18-9-12-44(54-16-18)19(2)30-28(60-44)15-26-24-8-7-22-13-23(45)14-29(43(22,6)25(24)10-11-42(26,30)5)57-41-38(59-40-36(52)34(50)31(47)20(3)55-40)37(32(48)21(4)56-41)58-39-35(51)33(49)27(46)17-53-39/h7,18-21,23-41,45-52H,8-17H2,1-6H3/t18-,19+,20-,21+,23-,24?,25?,26?,27-,28+,29-,30-,31+,32-,33-,34+,35+,36+,37+,38+,39+,40+,41+,42?,43+,44+/m1/s1. The molecule has 26 atom stereocenters. The minimum atomic E-state index is -1.72. The molecule has 4 unspecified atom stereocenters. The van der Waals surface area contributed by atoms with Crippen molar-refractivity contribution in [3.8, 4) is 0 Å². The zero-order valence-electron chi connectivity index (χ0n) is 35.8. The van der Waals surface area contributed by atoms with Gasteiger partial charge in [0.1, 0.15) is 54.9 Å². The van der Waals surface area contributed by atoms with Gasteiger partial charge in [-0.15, -0.1) is 0 Å². The number of hydrogen-bond acceptors (Lipinski definition) is 16. The first-order valence-electron chi connectivity index (χ1n) is 22.7. The van der Waals surface area contributed by atoms with E-state index in [-0.39, 0.29) is 36.4 Å². The summed E-state index contributed by atoms with van der Waals surface area (Å²) in [4.78, 5) is 0. The molecule has 9 rings (SSSR count). The summed E-state index contributed by atoms with van der Waals surface area (Å²) in [6, 6.07) is 0. The molecule has 1 spiro atoms. The molecule has 5 heterocycles. The molecule has 3 saturated carbocycles. The van der Waals surface area contributed by atoms with Gasteiger partial charge < -0.3 is 78.7 Å². The van der Waals surface area contributed by atoms with Gasteiger partial charge >= 0.3 is 0 Å². The van der Waals surface area contributed by atoms with Gasteiger partial charge in [0.15, 0.2) is 24.7 Å². The van der Waals surface area contributed by atoms with E-state index in [9.17, 15) is 40.9 Å². The van der Waals surface area contributed by atoms with Gasteiger partial charge in [-0.3, -0.25) is 0 Å². The first-order chi connectivity index (χ1) is 28.4. The lowest BCUT2D eigenvalue weighted by Gasteiger charge is -2.60. The molecule has 0 bridgehead atoms. The quantitative estimate of drug-likeness (QED) is 0.173. The van der Waals surface area contributed by atoms with Gasteiger partial charge in [-0.05, 0) is 87.4 Å². The minimum Gasteiger partial charge on any atom is -0.393 e. The molecular weight excluding hydrogens is 784 g/mol. The molecule has 5 aliphatic heterocycles. The van der Waals surface area contributed by atoms with E-state index >= 15 is 0 Å².